The number of rotatable bonds is 4. The number of carboxylic acids is 1. The molecule has 1 aromatic carbocycles. The predicted molar refractivity (Wildman–Crippen MR) is 77.0 cm³/mol. The van der Waals surface area contributed by atoms with Gasteiger partial charge in [-0.25, -0.2) is 4.79 Å². The van der Waals surface area contributed by atoms with E-state index in [0.29, 0.717) is 0 Å². The van der Waals surface area contributed by atoms with Crippen LogP contribution in [0.3, 0.4) is 0 Å². The van der Waals surface area contributed by atoms with Crippen LogP contribution in [0.2, 0.25) is 0 Å². The van der Waals surface area contributed by atoms with Gasteiger partial charge in [0.05, 0.1) is 11.3 Å². The van der Waals surface area contributed by atoms with Crippen LogP contribution in [0.4, 0.5) is 5.69 Å². The molecule has 0 atom stereocenters. The van der Waals surface area contributed by atoms with Crippen LogP contribution < -0.4 is 4.72 Å². The molecule has 0 spiro atoms. The van der Waals surface area contributed by atoms with Gasteiger partial charge in [-0.2, -0.15) is 8.42 Å². The van der Waals surface area contributed by atoms with E-state index in [2.05, 4.69) is 20.7 Å². The summed E-state index contributed by atoms with van der Waals surface area (Å²) in [7, 11) is -4.07. The van der Waals surface area contributed by atoms with Crippen molar-refractivity contribution in [2.24, 2.45) is 0 Å². The summed E-state index contributed by atoms with van der Waals surface area (Å²) in [6.45, 7) is 1.46. The van der Waals surface area contributed by atoms with Gasteiger partial charge in [0.15, 0.2) is 4.67 Å². The Hall–Kier alpha value is -2.00. The van der Waals surface area contributed by atoms with Gasteiger partial charge in [-0.1, -0.05) is 0 Å². The molecule has 2 rings (SSSR count). The number of phenols is 1. The zero-order valence-electron chi connectivity index (χ0n) is 10.6. The Labute approximate surface area is 128 Å². The first-order valence-corrected chi connectivity index (χ1v) is 7.83. The second-order valence-electron chi connectivity index (χ2n) is 4.16. The number of carboxylic acid groups (broad SMARTS) is 1. The highest BCUT2D eigenvalue weighted by molar-refractivity contribution is 9.10. The molecule has 0 radical (unpaired) electrons. The predicted octanol–water partition coefficient (Wildman–Crippen LogP) is 2.56. The van der Waals surface area contributed by atoms with Crippen molar-refractivity contribution in [3.05, 3.63) is 40.1 Å². The first-order chi connectivity index (χ1) is 9.70. The van der Waals surface area contributed by atoms with Gasteiger partial charge in [0.1, 0.15) is 5.75 Å². The zero-order chi connectivity index (χ0) is 15.8. The lowest BCUT2D eigenvalue weighted by Gasteiger charge is -2.10. The van der Waals surface area contributed by atoms with Crippen molar-refractivity contribution < 1.29 is 27.8 Å². The molecule has 7 nitrogen and oxygen atoms in total. The number of aromatic carboxylic acids is 1. The summed E-state index contributed by atoms with van der Waals surface area (Å²) in [4.78, 5) is 11.0. The fraction of sp³-hybridized carbons (Fsp3) is 0.0833. The van der Waals surface area contributed by atoms with Gasteiger partial charge in [-0.15, -0.1) is 0 Å². The molecule has 1 heterocycles. The molecule has 2 aromatic rings. The lowest BCUT2D eigenvalue weighted by Crippen LogP contribution is -2.13. The zero-order valence-corrected chi connectivity index (χ0v) is 13.0. The maximum absolute atomic E-state index is 12.1. The smallest absolute Gasteiger partial charge is 0.335 e. The topological polar surface area (TPSA) is 117 Å². The van der Waals surface area contributed by atoms with Gasteiger partial charge < -0.3 is 14.6 Å². The number of hydrogen-bond acceptors (Lipinski definition) is 5. The molecule has 1 aromatic heterocycles. The fourth-order valence-corrected chi connectivity index (χ4v) is 3.02. The Bertz CT molecular complexity index is 811. The minimum Gasteiger partial charge on any atom is -0.505 e. The third kappa shape index (κ3) is 3.19. The highest BCUT2D eigenvalue weighted by atomic mass is 79.9. The number of phenolic OH excluding ortho intramolecular Hbond substituents is 1. The molecule has 0 saturated carbocycles. The van der Waals surface area contributed by atoms with Crippen LogP contribution >= 0.6 is 15.9 Å². The first-order valence-electron chi connectivity index (χ1n) is 5.56. The van der Waals surface area contributed by atoms with Crippen LogP contribution in [0.15, 0.2) is 38.4 Å². The lowest BCUT2D eigenvalue weighted by atomic mass is 10.1. The number of benzene rings is 1. The van der Waals surface area contributed by atoms with Gasteiger partial charge in [-0.3, -0.25) is 4.72 Å². The summed E-state index contributed by atoms with van der Waals surface area (Å²) in [6.07, 6.45) is 0. The Balaban J connectivity index is 2.46. The molecule has 0 unspecified atom stereocenters. The van der Waals surface area contributed by atoms with E-state index >= 15 is 0 Å². The van der Waals surface area contributed by atoms with Crippen LogP contribution in [0.5, 0.6) is 5.75 Å². The van der Waals surface area contributed by atoms with E-state index in [-0.39, 0.29) is 32.3 Å². The summed E-state index contributed by atoms with van der Waals surface area (Å²) < 4.78 is 31.4. The van der Waals surface area contributed by atoms with Gasteiger partial charge in [-0.05, 0) is 52.7 Å². The van der Waals surface area contributed by atoms with Crippen molar-refractivity contribution in [3.8, 4) is 5.75 Å². The number of carbonyl (C=O) groups is 1. The summed E-state index contributed by atoms with van der Waals surface area (Å²) in [6, 6.07) is 4.88. The molecule has 0 aliphatic rings. The largest absolute Gasteiger partial charge is 0.505 e. The number of halogens is 1. The molecular weight excluding hydrogens is 366 g/mol. The molecule has 0 bridgehead atoms. The second kappa shape index (κ2) is 5.41. The number of nitrogens with one attached hydrogen (secondary N) is 1. The summed E-state index contributed by atoms with van der Waals surface area (Å²) in [5.74, 6) is -1.59. The highest BCUT2D eigenvalue weighted by Crippen LogP contribution is 2.31. The quantitative estimate of drug-likeness (QED) is 0.706. The molecule has 0 amide bonds. The number of aryl methyl sites for hydroxylation is 1. The SMILES string of the molecule is Cc1cc(C(=O)O)cc(NS(=O)(=O)c2ccc(Br)o2)c1O. The van der Waals surface area contributed by atoms with E-state index < -0.39 is 16.0 Å². The number of sulfonamides is 1. The average molecular weight is 376 g/mol. The molecule has 0 aliphatic heterocycles. The van der Waals surface area contributed by atoms with E-state index in [4.69, 9.17) is 9.52 Å². The Morgan fingerprint density at radius 1 is 1.33 bits per heavy atom. The van der Waals surface area contributed by atoms with Crippen molar-refractivity contribution >= 4 is 37.6 Å². The van der Waals surface area contributed by atoms with E-state index in [1.54, 1.807) is 0 Å². The number of aromatic hydroxyl groups is 1. The van der Waals surface area contributed by atoms with E-state index in [1.165, 1.54) is 25.1 Å². The monoisotopic (exact) mass is 375 g/mol. The number of hydrogen-bond donors (Lipinski definition) is 3. The van der Waals surface area contributed by atoms with E-state index in [9.17, 15) is 18.3 Å². The summed E-state index contributed by atoms with van der Waals surface area (Å²) >= 11 is 2.98. The minimum atomic E-state index is -4.07. The van der Waals surface area contributed by atoms with Crippen molar-refractivity contribution in [1.82, 2.24) is 0 Å². The maximum Gasteiger partial charge on any atom is 0.335 e. The van der Waals surface area contributed by atoms with Crippen molar-refractivity contribution in [3.63, 3.8) is 0 Å². The minimum absolute atomic E-state index is 0.149. The Morgan fingerprint density at radius 3 is 2.52 bits per heavy atom. The molecule has 0 aliphatic carbocycles. The first kappa shape index (κ1) is 15.4. The number of furan rings is 1. The molecule has 112 valence electrons. The second-order valence-corrected chi connectivity index (χ2v) is 6.55. The third-order valence-electron chi connectivity index (χ3n) is 2.61. The van der Waals surface area contributed by atoms with Crippen molar-refractivity contribution in [1.29, 1.82) is 0 Å². The third-order valence-corrected chi connectivity index (χ3v) is 4.27. The van der Waals surface area contributed by atoms with Crippen LogP contribution in [-0.2, 0) is 10.0 Å². The van der Waals surface area contributed by atoms with Gasteiger partial charge in [0.25, 0.3) is 10.0 Å². The van der Waals surface area contributed by atoms with Crippen LogP contribution in [0.25, 0.3) is 0 Å². The van der Waals surface area contributed by atoms with E-state index in [0.717, 1.165) is 6.07 Å². The Morgan fingerprint density at radius 2 is 2.00 bits per heavy atom. The lowest BCUT2D eigenvalue weighted by molar-refractivity contribution is 0.0697. The Kier molecular flexibility index (Phi) is 3.97. The molecule has 0 fully saturated rings. The van der Waals surface area contributed by atoms with Crippen LogP contribution in [0.1, 0.15) is 15.9 Å². The molecule has 21 heavy (non-hydrogen) atoms. The standard InChI is InChI=1S/C12H10BrNO6S/c1-6-4-7(12(16)17)5-8(11(6)15)14-21(18,19)10-3-2-9(13)20-10/h2-5,14-15H,1H3,(H,16,17). The van der Waals surface area contributed by atoms with Gasteiger partial charge in [0, 0.05) is 0 Å². The average Bonchev–Trinajstić information content (AvgIpc) is 2.81. The summed E-state index contributed by atoms with van der Waals surface area (Å²) in [5, 5.41) is 18.5. The van der Waals surface area contributed by atoms with Gasteiger partial charge >= 0.3 is 5.97 Å². The van der Waals surface area contributed by atoms with Crippen molar-refractivity contribution in [2.75, 3.05) is 4.72 Å². The van der Waals surface area contributed by atoms with Crippen LogP contribution in [0, 0.1) is 6.92 Å². The maximum atomic E-state index is 12.1. The number of anilines is 1. The molecule has 9 heteroatoms. The highest BCUT2D eigenvalue weighted by Gasteiger charge is 2.21. The van der Waals surface area contributed by atoms with Gasteiger partial charge in [0.2, 0.25) is 5.09 Å². The molecular formula is C12H10BrNO6S. The van der Waals surface area contributed by atoms with Crippen LogP contribution in [-0.4, -0.2) is 24.6 Å². The van der Waals surface area contributed by atoms with Crippen molar-refractivity contribution in [2.45, 2.75) is 12.0 Å². The fourth-order valence-electron chi connectivity index (χ4n) is 1.62. The van der Waals surface area contributed by atoms with E-state index in [1.807, 2.05) is 0 Å². The molecule has 0 saturated heterocycles. The molecule has 3 N–H and O–H groups in total. The normalized spacial score (nSPS) is 11.3. The summed E-state index contributed by atoms with van der Waals surface area (Å²) in [5.41, 5.74) is -0.156.